The van der Waals surface area contributed by atoms with Crippen LogP contribution < -0.4 is 14.8 Å². The van der Waals surface area contributed by atoms with E-state index < -0.39 is 5.82 Å². The Balaban J connectivity index is 1.88. The van der Waals surface area contributed by atoms with Crippen LogP contribution in [-0.2, 0) is 11.2 Å². The molecule has 0 radical (unpaired) electrons. The average Bonchev–Trinajstić information content (AvgIpc) is 3.30. The van der Waals surface area contributed by atoms with E-state index in [1.54, 1.807) is 39.5 Å². The molecule has 3 aromatic rings. The predicted molar refractivity (Wildman–Crippen MR) is 109 cm³/mol. The molecule has 1 heterocycles. The Kier molecular flexibility index (Phi) is 5.41. The van der Waals surface area contributed by atoms with Gasteiger partial charge in [-0.05, 0) is 29.8 Å². The first-order valence-corrected chi connectivity index (χ1v) is 9.48. The van der Waals surface area contributed by atoms with Gasteiger partial charge in [-0.1, -0.05) is 12.1 Å². The summed E-state index contributed by atoms with van der Waals surface area (Å²) in [6.45, 7) is 0.738. The van der Waals surface area contributed by atoms with Gasteiger partial charge in [0.25, 0.3) is 5.91 Å². The summed E-state index contributed by atoms with van der Waals surface area (Å²) in [6.07, 6.45) is 0.479. The van der Waals surface area contributed by atoms with Gasteiger partial charge < -0.3 is 19.5 Å². The zero-order valence-corrected chi connectivity index (χ0v) is 17.0. The third kappa shape index (κ3) is 3.29. The number of halogens is 1. The van der Waals surface area contributed by atoms with Crippen LogP contribution in [0, 0.1) is 5.82 Å². The number of amides is 1. The highest BCUT2D eigenvalue weighted by molar-refractivity contribution is 5.97. The number of ether oxygens (including phenoxy) is 3. The number of para-hydroxylation sites is 1. The molecule has 0 unspecified atom stereocenters. The van der Waals surface area contributed by atoms with E-state index in [4.69, 9.17) is 14.2 Å². The van der Waals surface area contributed by atoms with E-state index in [-0.39, 0.29) is 17.3 Å². The second kappa shape index (κ2) is 8.16. The van der Waals surface area contributed by atoms with Gasteiger partial charge in [0, 0.05) is 31.2 Å². The van der Waals surface area contributed by atoms with E-state index in [0.29, 0.717) is 36.8 Å². The summed E-state index contributed by atoms with van der Waals surface area (Å²) in [5, 5.41) is 7.29. The maximum atomic E-state index is 14.6. The fraction of sp³-hybridized carbons (Fsp3) is 0.273. The van der Waals surface area contributed by atoms with Crippen LogP contribution in [0.4, 0.5) is 4.39 Å². The number of carbonyl (C=O) groups excluding carboxylic acids is 1. The molecular formula is C22H22FN3O4. The number of nitrogens with zero attached hydrogens (tertiary/aromatic N) is 2. The van der Waals surface area contributed by atoms with Gasteiger partial charge in [0.05, 0.1) is 26.5 Å². The van der Waals surface area contributed by atoms with E-state index in [1.165, 1.54) is 10.7 Å². The number of carbonyl (C=O) groups is 1. The lowest BCUT2D eigenvalue weighted by atomic mass is 10.1. The highest BCUT2D eigenvalue weighted by Crippen LogP contribution is 2.44. The molecule has 30 heavy (non-hydrogen) atoms. The van der Waals surface area contributed by atoms with Crippen molar-refractivity contribution in [3.8, 4) is 28.4 Å². The minimum atomic E-state index is -0.428. The Morgan fingerprint density at radius 1 is 1.17 bits per heavy atom. The van der Waals surface area contributed by atoms with Crippen LogP contribution in [0.25, 0.3) is 16.9 Å². The first kappa shape index (κ1) is 19.9. The van der Waals surface area contributed by atoms with Crippen LogP contribution >= 0.6 is 0 Å². The number of hydrogen-bond acceptors (Lipinski definition) is 5. The smallest absolute Gasteiger partial charge is 0.272 e. The van der Waals surface area contributed by atoms with E-state index in [9.17, 15) is 9.18 Å². The molecule has 8 heteroatoms. The first-order chi connectivity index (χ1) is 14.6. The van der Waals surface area contributed by atoms with Crippen LogP contribution in [0.2, 0.25) is 0 Å². The lowest BCUT2D eigenvalue weighted by Crippen LogP contribution is -2.28. The van der Waals surface area contributed by atoms with Crippen LogP contribution in [0.5, 0.6) is 11.5 Å². The standard InChI is InChI=1S/C22H22FN3O4/c1-28-9-8-24-22(27)20-15-10-13-11-18(29-2)19(30-3)12-14(13)21(15)26(25-20)17-7-5-4-6-16(17)23/h4-7,11-12H,8-10H2,1-3H3,(H,24,27). The van der Waals surface area contributed by atoms with Crippen molar-refractivity contribution in [3.63, 3.8) is 0 Å². The SMILES string of the molecule is COCCNC(=O)c1nn(-c2ccccc2F)c2c1Cc1cc(OC)c(OC)cc1-2. The van der Waals surface area contributed by atoms with Crippen molar-refractivity contribution in [2.45, 2.75) is 6.42 Å². The van der Waals surface area contributed by atoms with Gasteiger partial charge >= 0.3 is 0 Å². The van der Waals surface area contributed by atoms with Gasteiger partial charge in [-0.15, -0.1) is 0 Å². The lowest BCUT2D eigenvalue weighted by Gasteiger charge is -2.12. The van der Waals surface area contributed by atoms with E-state index in [2.05, 4.69) is 10.4 Å². The summed E-state index contributed by atoms with van der Waals surface area (Å²) in [6, 6.07) is 10.1. The molecule has 1 aliphatic rings. The largest absolute Gasteiger partial charge is 0.493 e. The molecule has 0 aliphatic heterocycles. The topological polar surface area (TPSA) is 74.6 Å². The Morgan fingerprint density at radius 3 is 2.60 bits per heavy atom. The van der Waals surface area contributed by atoms with Crippen molar-refractivity contribution >= 4 is 5.91 Å². The summed E-state index contributed by atoms with van der Waals surface area (Å²) >= 11 is 0. The third-order valence-electron chi connectivity index (χ3n) is 5.10. The van der Waals surface area contributed by atoms with Crippen molar-refractivity contribution in [2.24, 2.45) is 0 Å². The van der Waals surface area contributed by atoms with Gasteiger partial charge in [0.2, 0.25) is 0 Å². The number of benzene rings is 2. The summed E-state index contributed by atoms with van der Waals surface area (Å²) < 4.78 is 32.0. The summed E-state index contributed by atoms with van der Waals surface area (Å²) in [4.78, 5) is 12.8. The van der Waals surface area contributed by atoms with Crippen molar-refractivity contribution < 1.29 is 23.4 Å². The van der Waals surface area contributed by atoms with E-state index in [0.717, 1.165) is 16.7 Å². The number of rotatable bonds is 7. The maximum Gasteiger partial charge on any atom is 0.272 e. The third-order valence-corrected chi connectivity index (χ3v) is 5.10. The second-order valence-electron chi connectivity index (χ2n) is 6.83. The number of hydrogen-bond donors (Lipinski definition) is 1. The number of aromatic nitrogens is 2. The average molecular weight is 411 g/mol. The molecule has 0 fully saturated rings. The van der Waals surface area contributed by atoms with Crippen molar-refractivity contribution in [3.05, 3.63) is 59.0 Å². The number of fused-ring (bicyclic) bond motifs is 3. The molecule has 0 bridgehead atoms. The van der Waals surface area contributed by atoms with Gasteiger partial charge in [-0.2, -0.15) is 5.10 Å². The molecule has 1 aromatic heterocycles. The Labute approximate surface area is 173 Å². The van der Waals surface area contributed by atoms with E-state index >= 15 is 0 Å². The molecule has 4 rings (SSSR count). The molecule has 1 aliphatic carbocycles. The Morgan fingerprint density at radius 2 is 1.90 bits per heavy atom. The molecule has 0 spiro atoms. The summed E-state index contributed by atoms with van der Waals surface area (Å²) in [5.41, 5.74) is 3.72. The number of methoxy groups -OCH3 is 3. The molecule has 0 saturated heterocycles. The summed E-state index contributed by atoms with van der Waals surface area (Å²) in [5.74, 6) is 0.391. The van der Waals surface area contributed by atoms with Crippen LogP contribution in [0.1, 0.15) is 21.6 Å². The van der Waals surface area contributed by atoms with Gasteiger partial charge in [-0.3, -0.25) is 4.79 Å². The normalized spacial score (nSPS) is 11.7. The molecule has 0 saturated carbocycles. The first-order valence-electron chi connectivity index (χ1n) is 9.48. The van der Waals surface area contributed by atoms with E-state index in [1.807, 2.05) is 12.1 Å². The zero-order chi connectivity index (χ0) is 21.3. The molecule has 1 N–H and O–H groups in total. The molecule has 2 aromatic carbocycles. The fourth-order valence-electron chi connectivity index (χ4n) is 3.70. The summed E-state index contributed by atoms with van der Waals surface area (Å²) in [7, 11) is 4.69. The number of nitrogens with one attached hydrogen (secondary N) is 1. The van der Waals surface area contributed by atoms with Crippen molar-refractivity contribution in [1.29, 1.82) is 0 Å². The monoisotopic (exact) mass is 411 g/mol. The van der Waals surface area contributed by atoms with Crippen LogP contribution in [0.15, 0.2) is 36.4 Å². The fourth-order valence-corrected chi connectivity index (χ4v) is 3.70. The molecule has 1 amide bonds. The predicted octanol–water partition coefficient (Wildman–Crippen LogP) is 2.98. The van der Waals surface area contributed by atoms with Gasteiger partial charge in [-0.25, -0.2) is 9.07 Å². The molecule has 7 nitrogen and oxygen atoms in total. The quantitative estimate of drug-likeness (QED) is 0.473. The lowest BCUT2D eigenvalue weighted by molar-refractivity contribution is 0.0931. The molecule has 156 valence electrons. The highest BCUT2D eigenvalue weighted by Gasteiger charge is 2.32. The van der Waals surface area contributed by atoms with Gasteiger partial charge in [0.1, 0.15) is 11.5 Å². The highest BCUT2D eigenvalue weighted by atomic mass is 19.1. The maximum absolute atomic E-state index is 14.6. The van der Waals surface area contributed by atoms with Crippen molar-refractivity contribution in [1.82, 2.24) is 15.1 Å². The van der Waals surface area contributed by atoms with Gasteiger partial charge in [0.15, 0.2) is 17.2 Å². The van der Waals surface area contributed by atoms with Crippen molar-refractivity contribution in [2.75, 3.05) is 34.5 Å². The zero-order valence-electron chi connectivity index (χ0n) is 17.0. The Hall–Kier alpha value is -3.39. The minimum absolute atomic E-state index is 0.262. The molecular weight excluding hydrogens is 389 g/mol. The van der Waals surface area contributed by atoms with Crippen LogP contribution in [0.3, 0.4) is 0 Å². The Bertz CT molecular complexity index is 1110. The van der Waals surface area contributed by atoms with Crippen LogP contribution in [-0.4, -0.2) is 50.2 Å². The second-order valence-corrected chi connectivity index (χ2v) is 6.83. The molecule has 0 atom stereocenters. The minimum Gasteiger partial charge on any atom is -0.493 e.